The van der Waals surface area contributed by atoms with Crippen molar-refractivity contribution < 1.29 is 85.6 Å². The second-order valence-electron chi connectivity index (χ2n) is 15.1. The summed E-state index contributed by atoms with van der Waals surface area (Å²) in [4.78, 5) is 88.2. The number of hydrogen-bond donors (Lipinski definition) is 10. The number of nitrogens with zero attached hydrogens (tertiary/aromatic N) is 4. The predicted octanol–water partition coefficient (Wildman–Crippen LogP) is 1.89. The van der Waals surface area contributed by atoms with Crippen LogP contribution in [0.15, 0.2) is 37.0 Å². The molecule has 1 fully saturated rings. The number of phosphoric acid groups is 3. The number of aliphatic hydroxyl groups excluding tert-OH is 3. The summed E-state index contributed by atoms with van der Waals surface area (Å²) in [5.74, 6) is -1.20. The molecule has 1 aliphatic rings. The van der Waals surface area contributed by atoms with E-state index in [1.165, 1.54) is 13.8 Å². The van der Waals surface area contributed by atoms with Gasteiger partial charge >= 0.3 is 23.5 Å². The van der Waals surface area contributed by atoms with Gasteiger partial charge in [0.2, 0.25) is 11.8 Å². The molecule has 0 spiro atoms. The summed E-state index contributed by atoms with van der Waals surface area (Å²) in [6, 6.07) is 0. The van der Waals surface area contributed by atoms with Crippen LogP contribution >= 0.6 is 35.2 Å². The minimum Gasteiger partial charge on any atom is -0.393 e. The van der Waals surface area contributed by atoms with Crippen molar-refractivity contribution in [2.45, 2.75) is 109 Å². The molecule has 2 amide bonds. The molecule has 25 nitrogen and oxygen atoms in total. The topological polar surface area (TPSA) is 384 Å². The number of aromatic nitrogens is 4. The molecule has 1 aliphatic heterocycles. The van der Waals surface area contributed by atoms with Gasteiger partial charge in [-0.3, -0.25) is 32.5 Å². The van der Waals surface area contributed by atoms with Crippen LogP contribution in [0.1, 0.15) is 78.4 Å². The Hall–Kier alpha value is -3.00. The lowest BCUT2D eigenvalue weighted by molar-refractivity contribution is -0.137. The Morgan fingerprint density at radius 2 is 1.70 bits per heavy atom. The summed E-state index contributed by atoms with van der Waals surface area (Å²) < 4.78 is 62.3. The van der Waals surface area contributed by atoms with Gasteiger partial charge in [0.1, 0.15) is 36.3 Å². The molecule has 0 aliphatic carbocycles. The second-order valence-corrected chi connectivity index (χ2v) is 20.5. The largest absolute Gasteiger partial charge is 0.481 e. The van der Waals surface area contributed by atoms with Gasteiger partial charge in [-0.15, -0.1) is 0 Å². The number of phosphoric ester groups is 3. The third-order valence-corrected chi connectivity index (χ3v) is 13.3. The molecule has 29 heteroatoms. The lowest BCUT2D eigenvalue weighted by Crippen LogP contribution is -2.46. The quantitative estimate of drug-likeness (QED) is 0.0316. The Labute approximate surface area is 373 Å². The first-order chi connectivity index (χ1) is 29.9. The zero-order valence-electron chi connectivity index (χ0n) is 35.4. The number of carbonyl (C=O) groups is 3. The Kier molecular flexibility index (Phi) is 22.3. The molecular formula is C35H58N7O18P3S. The number of allylic oxidation sites excluding steroid dienone is 4. The van der Waals surface area contributed by atoms with E-state index in [0.717, 1.165) is 54.7 Å². The highest BCUT2D eigenvalue weighted by atomic mass is 32.2. The van der Waals surface area contributed by atoms with Crippen LogP contribution in [0, 0.1) is 5.41 Å². The fourth-order valence-electron chi connectivity index (χ4n) is 5.90. The van der Waals surface area contributed by atoms with Crippen molar-refractivity contribution in [3.63, 3.8) is 0 Å². The highest BCUT2D eigenvalue weighted by Crippen LogP contribution is 2.61. The number of fused-ring (bicyclic) bond motifs is 1. The average Bonchev–Trinajstić information content (AvgIpc) is 3.77. The van der Waals surface area contributed by atoms with Gasteiger partial charge in [-0.25, -0.2) is 28.6 Å². The van der Waals surface area contributed by atoms with Crippen LogP contribution in [0.3, 0.4) is 0 Å². The maximum atomic E-state index is 12.7. The number of aliphatic hydroxyl groups is 3. The van der Waals surface area contributed by atoms with E-state index in [0.29, 0.717) is 18.6 Å². The lowest BCUT2D eigenvalue weighted by atomic mass is 9.87. The summed E-state index contributed by atoms with van der Waals surface area (Å²) in [7, 11) is -16.4. The Morgan fingerprint density at radius 1 is 0.984 bits per heavy atom. The first-order valence-corrected chi connectivity index (χ1v) is 25.5. The summed E-state index contributed by atoms with van der Waals surface area (Å²) in [5.41, 5.74) is 4.25. The van der Waals surface area contributed by atoms with E-state index in [1.54, 1.807) is 0 Å². The number of carbonyl (C=O) groups excluding carboxylic acids is 3. The van der Waals surface area contributed by atoms with Gasteiger partial charge in [0.05, 0.1) is 25.6 Å². The van der Waals surface area contributed by atoms with E-state index in [2.05, 4.69) is 40.5 Å². The highest BCUT2D eigenvalue weighted by molar-refractivity contribution is 8.13. The minimum atomic E-state index is -5.59. The first kappa shape index (κ1) is 55.3. The molecule has 0 radical (unpaired) electrons. The van der Waals surface area contributed by atoms with E-state index >= 15 is 0 Å². The van der Waals surface area contributed by atoms with Crippen LogP contribution in [0.2, 0.25) is 0 Å². The zero-order chi connectivity index (χ0) is 47.7. The predicted molar refractivity (Wildman–Crippen MR) is 229 cm³/mol. The van der Waals surface area contributed by atoms with Crippen LogP contribution in [-0.4, -0.2) is 134 Å². The molecule has 0 aromatic carbocycles. The number of anilines is 1. The number of nitrogens with two attached hydrogens (primary N) is 1. The maximum Gasteiger partial charge on any atom is 0.481 e. The smallest absolute Gasteiger partial charge is 0.393 e. The van der Waals surface area contributed by atoms with Gasteiger partial charge in [-0.05, 0) is 32.6 Å². The second kappa shape index (κ2) is 25.8. The first-order valence-electron chi connectivity index (χ1n) is 20.0. The summed E-state index contributed by atoms with van der Waals surface area (Å²) in [5, 5.41) is 36.5. The fraction of sp³-hybridized carbons (Fsp3) is 0.657. The van der Waals surface area contributed by atoms with E-state index < -0.39 is 90.7 Å². The molecule has 2 aromatic rings. The van der Waals surface area contributed by atoms with Crippen molar-refractivity contribution in [3.8, 4) is 0 Å². The van der Waals surface area contributed by atoms with Crippen LogP contribution in [0.25, 0.3) is 11.2 Å². The van der Waals surface area contributed by atoms with E-state index in [4.69, 9.17) is 19.5 Å². The maximum absolute atomic E-state index is 12.7. The van der Waals surface area contributed by atoms with Crippen molar-refractivity contribution in [3.05, 3.63) is 37.0 Å². The number of hydrogen-bond acceptors (Lipinski definition) is 19. The molecule has 64 heavy (non-hydrogen) atoms. The molecule has 11 N–H and O–H groups in total. The molecule has 0 saturated carbocycles. The number of imidazole rings is 1. The molecule has 0 bridgehead atoms. The Bertz CT molecular complexity index is 2060. The Morgan fingerprint density at radius 3 is 2.41 bits per heavy atom. The molecule has 8 atom stereocenters. The number of amides is 2. The van der Waals surface area contributed by atoms with Crippen molar-refractivity contribution >= 4 is 69.1 Å². The fourth-order valence-corrected chi connectivity index (χ4v) is 9.42. The standard InChI is InChI=1S/C35H58N7O18P3S/c1-4-5-6-7-8-9-10-11-12-23(43)13-14-26(45)64-18-17-37-25(44)15-16-38-33(48)30(47)35(2,3)20-57-63(54,55)60-62(52,53)56-19-24-29(59-61(49,50)51)28(46)34(58-24)42-22-41-27-31(36)39-21-40-32(27)42/h4-7,21-24,28-30,34,43,46-47H,8-20H2,1-3H3,(H,37,44)(H,38,48)(H,52,53)(H,54,55)(H2,36,39,40)(H2,49,50,51)/b5-4+,7-6+. The number of unbranched alkanes of at least 4 members (excludes halogenated alkanes) is 3. The number of ether oxygens (including phenoxy) is 1. The van der Waals surface area contributed by atoms with Gasteiger partial charge in [-0.1, -0.05) is 62.8 Å². The normalized spacial score (nSPS) is 21.2. The van der Waals surface area contributed by atoms with Crippen LogP contribution in [0.4, 0.5) is 5.82 Å². The molecule has 3 heterocycles. The lowest BCUT2D eigenvalue weighted by Gasteiger charge is -2.30. The summed E-state index contributed by atoms with van der Waals surface area (Å²) in [6.07, 6.45) is 5.53. The van der Waals surface area contributed by atoms with Gasteiger partial charge in [0.25, 0.3) is 0 Å². The molecule has 1 saturated heterocycles. The molecule has 362 valence electrons. The van der Waals surface area contributed by atoms with E-state index in [9.17, 15) is 63.0 Å². The number of rotatable bonds is 29. The van der Waals surface area contributed by atoms with Gasteiger partial charge in [0.15, 0.2) is 22.8 Å². The monoisotopic (exact) mass is 989 g/mol. The van der Waals surface area contributed by atoms with Crippen LogP contribution < -0.4 is 16.4 Å². The van der Waals surface area contributed by atoms with Gasteiger partial charge < -0.3 is 56.0 Å². The number of thioether (sulfide) groups is 1. The highest BCUT2D eigenvalue weighted by Gasteiger charge is 2.50. The van der Waals surface area contributed by atoms with E-state index in [1.807, 2.05) is 25.2 Å². The SMILES string of the molecule is C/C=C/C=C/CCCCCC(O)CCC(=O)SCCNC(=O)CCNC(=O)C(O)C(C)(C)COP(=O)(O)OP(=O)(O)OCC1OC(n2cnc3c(N)ncnc32)C(O)C1OP(=O)(O)O. The van der Waals surface area contributed by atoms with Gasteiger partial charge in [0, 0.05) is 37.1 Å². The van der Waals surface area contributed by atoms with Crippen molar-refractivity contribution in [2.24, 2.45) is 5.41 Å². The van der Waals surface area contributed by atoms with Gasteiger partial charge in [-0.2, -0.15) is 4.31 Å². The van der Waals surface area contributed by atoms with Crippen LogP contribution in [-0.2, 0) is 50.7 Å². The molecular weight excluding hydrogens is 931 g/mol. The molecule has 8 unspecified atom stereocenters. The van der Waals surface area contributed by atoms with E-state index in [-0.39, 0.29) is 48.0 Å². The minimum absolute atomic E-state index is 0.0265. The average molecular weight is 990 g/mol. The number of nitrogens with one attached hydrogen (secondary N) is 2. The van der Waals surface area contributed by atoms with Crippen molar-refractivity contribution in [1.29, 1.82) is 0 Å². The molecule has 2 aromatic heterocycles. The zero-order valence-corrected chi connectivity index (χ0v) is 38.9. The Balaban J connectivity index is 1.37. The molecule has 3 rings (SSSR count). The number of nitrogen functional groups attached to an aromatic ring is 1. The third-order valence-electron chi connectivity index (χ3n) is 9.29. The van der Waals surface area contributed by atoms with Crippen molar-refractivity contribution in [1.82, 2.24) is 30.2 Å². The summed E-state index contributed by atoms with van der Waals surface area (Å²) in [6.45, 7) is 2.36. The third kappa shape index (κ3) is 19.1. The van der Waals surface area contributed by atoms with Crippen LogP contribution in [0.5, 0.6) is 0 Å². The van der Waals surface area contributed by atoms with Crippen molar-refractivity contribution in [2.75, 3.05) is 37.8 Å². The summed E-state index contributed by atoms with van der Waals surface area (Å²) >= 11 is 1.03.